The number of amides is 1. The molecule has 1 aromatic rings. The summed E-state index contributed by atoms with van der Waals surface area (Å²) in [5.74, 6) is 0.353. The van der Waals surface area contributed by atoms with Gasteiger partial charge in [-0.25, -0.2) is 0 Å². The van der Waals surface area contributed by atoms with Crippen LogP contribution in [0.25, 0.3) is 0 Å². The van der Waals surface area contributed by atoms with Crippen molar-refractivity contribution in [2.24, 2.45) is 0 Å². The third-order valence-electron chi connectivity index (χ3n) is 2.82. The lowest BCUT2D eigenvalue weighted by atomic mass is 10.0. The van der Waals surface area contributed by atoms with Gasteiger partial charge in [-0.05, 0) is 30.0 Å². The van der Waals surface area contributed by atoms with Gasteiger partial charge in [-0.15, -0.1) is 0 Å². The van der Waals surface area contributed by atoms with Crippen LogP contribution >= 0.6 is 0 Å². The molecule has 2 aliphatic rings. The summed E-state index contributed by atoms with van der Waals surface area (Å²) >= 11 is 0. The highest BCUT2D eigenvalue weighted by Gasteiger charge is 2.36. The van der Waals surface area contributed by atoms with E-state index in [9.17, 15) is 4.79 Å². The average molecular weight is 159 g/mol. The molecule has 3 rings (SSSR count). The lowest BCUT2D eigenvalue weighted by Crippen LogP contribution is -2.10. The Morgan fingerprint density at radius 2 is 2.33 bits per heavy atom. The molecule has 0 saturated carbocycles. The number of rotatable bonds is 0. The fourth-order valence-corrected chi connectivity index (χ4v) is 2.28. The van der Waals surface area contributed by atoms with Gasteiger partial charge in [-0.1, -0.05) is 12.1 Å². The first-order chi connectivity index (χ1) is 5.86. The summed E-state index contributed by atoms with van der Waals surface area (Å²) in [4.78, 5) is 11.4. The van der Waals surface area contributed by atoms with E-state index in [0.717, 1.165) is 18.5 Å². The molecule has 0 fully saturated rings. The Morgan fingerprint density at radius 1 is 1.42 bits per heavy atom. The Hall–Kier alpha value is -1.31. The highest BCUT2D eigenvalue weighted by atomic mass is 16.2. The molecule has 12 heavy (non-hydrogen) atoms. The van der Waals surface area contributed by atoms with Crippen molar-refractivity contribution in [2.45, 2.75) is 18.8 Å². The molecular weight excluding hydrogens is 150 g/mol. The number of carbonyl (C=O) groups excluding carboxylic acids is 1. The number of hydrogen-bond donors (Lipinski definition) is 1. The minimum absolute atomic E-state index is 0.163. The Morgan fingerprint density at radius 3 is 3.25 bits per heavy atom. The Bertz CT molecular complexity index is 370. The second-order valence-corrected chi connectivity index (χ2v) is 3.46. The van der Waals surface area contributed by atoms with Crippen LogP contribution in [-0.2, 0) is 11.2 Å². The van der Waals surface area contributed by atoms with E-state index < -0.39 is 0 Å². The highest BCUT2D eigenvalue weighted by molar-refractivity contribution is 6.04. The van der Waals surface area contributed by atoms with Gasteiger partial charge in [0.1, 0.15) is 0 Å². The van der Waals surface area contributed by atoms with Crippen LogP contribution in [0.1, 0.15) is 23.5 Å². The van der Waals surface area contributed by atoms with Gasteiger partial charge >= 0.3 is 0 Å². The first kappa shape index (κ1) is 6.23. The number of hydrogen-bond acceptors (Lipinski definition) is 1. The van der Waals surface area contributed by atoms with Crippen molar-refractivity contribution in [3.05, 3.63) is 29.3 Å². The molecular formula is C10H9NO. The Labute approximate surface area is 70.6 Å². The Balaban J connectivity index is 2.31. The second kappa shape index (κ2) is 1.89. The van der Waals surface area contributed by atoms with Gasteiger partial charge in [0.25, 0.3) is 0 Å². The lowest BCUT2D eigenvalue weighted by molar-refractivity contribution is -0.117. The summed E-state index contributed by atoms with van der Waals surface area (Å²) in [6.45, 7) is 0. The van der Waals surface area contributed by atoms with E-state index in [1.807, 2.05) is 12.1 Å². The summed E-state index contributed by atoms with van der Waals surface area (Å²) in [5, 5.41) is 2.90. The third kappa shape index (κ3) is 0.583. The number of carbonyl (C=O) groups is 1. The van der Waals surface area contributed by atoms with Crippen molar-refractivity contribution in [1.82, 2.24) is 0 Å². The third-order valence-corrected chi connectivity index (χ3v) is 2.82. The zero-order valence-electron chi connectivity index (χ0n) is 6.63. The largest absolute Gasteiger partial charge is 0.325 e. The van der Waals surface area contributed by atoms with Gasteiger partial charge in [0.2, 0.25) is 5.91 Å². The van der Waals surface area contributed by atoms with E-state index in [1.54, 1.807) is 0 Å². The van der Waals surface area contributed by atoms with Crippen molar-refractivity contribution in [2.75, 3.05) is 5.32 Å². The van der Waals surface area contributed by atoms with Crippen molar-refractivity contribution in [3.8, 4) is 0 Å². The maximum atomic E-state index is 11.4. The molecule has 60 valence electrons. The summed E-state index contributed by atoms with van der Waals surface area (Å²) < 4.78 is 0. The highest BCUT2D eigenvalue weighted by Crippen LogP contribution is 2.42. The van der Waals surface area contributed by atoms with Crippen LogP contribution in [0.2, 0.25) is 0 Å². The molecule has 0 spiro atoms. The van der Waals surface area contributed by atoms with Gasteiger partial charge < -0.3 is 5.32 Å². The average Bonchev–Trinajstić information content (AvgIpc) is 2.60. The molecule has 1 heterocycles. The first-order valence-electron chi connectivity index (χ1n) is 4.29. The Kier molecular flexibility index (Phi) is 0.980. The number of nitrogens with one attached hydrogen (secondary N) is 1. The van der Waals surface area contributed by atoms with Crippen LogP contribution in [0, 0.1) is 0 Å². The molecule has 2 nitrogen and oxygen atoms in total. The van der Waals surface area contributed by atoms with Crippen molar-refractivity contribution in [1.29, 1.82) is 0 Å². The molecule has 1 aliphatic heterocycles. The molecule has 1 N–H and O–H groups in total. The number of benzene rings is 1. The number of aryl methyl sites for hydroxylation is 1. The molecule has 0 aromatic heterocycles. The monoisotopic (exact) mass is 159 g/mol. The molecule has 0 bridgehead atoms. The molecule has 1 unspecified atom stereocenters. The SMILES string of the molecule is O=C1Nc2cccc3c2C1CC3. The van der Waals surface area contributed by atoms with Gasteiger partial charge in [0.15, 0.2) is 0 Å². The molecule has 1 amide bonds. The van der Waals surface area contributed by atoms with Crippen molar-refractivity contribution in [3.63, 3.8) is 0 Å². The summed E-state index contributed by atoms with van der Waals surface area (Å²) in [5.41, 5.74) is 3.67. The van der Waals surface area contributed by atoms with Gasteiger partial charge in [0.05, 0.1) is 5.92 Å². The smallest absolute Gasteiger partial charge is 0.232 e. The summed E-state index contributed by atoms with van der Waals surface area (Å²) in [6, 6.07) is 6.13. The first-order valence-corrected chi connectivity index (χ1v) is 4.29. The maximum absolute atomic E-state index is 11.4. The molecule has 1 atom stereocenters. The molecule has 0 radical (unpaired) electrons. The van der Waals surface area contributed by atoms with Crippen molar-refractivity contribution < 1.29 is 4.79 Å². The fraction of sp³-hybridized carbons (Fsp3) is 0.300. The van der Waals surface area contributed by atoms with E-state index in [2.05, 4.69) is 11.4 Å². The topological polar surface area (TPSA) is 29.1 Å². The summed E-state index contributed by atoms with van der Waals surface area (Å²) in [6.07, 6.45) is 2.07. The van der Waals surface area contributed by atoms with Crippen LogP contribution in [0.3, 0.4) is 0 Å². The zero-order chi connectivity index (χ0) is 8.13. The van der Waals surface area contributed by atoms with Gasteiger partial charge in [0, 0.05) is 5.69 Å². The minimum Gasteiger partial charge on any atom is -0.325 e. The van der Waals surface area contributed by atoms with Crippen LogP contribution in [0.4, 0.5) is 5.69 Å². The van der Waals surface area contributed by atoms with Crippen LogP contribution in [-0.4, -0.2) is 5.91 Å². The van der Waals surface area contributed by atoms with Crippen LogP contribution in [0.15, 0.2) is 18.2 Å². The van der Waals surface area contributed by atoms with E-state index in [0.29, 0.717) is 0 Å². The van der Waals surface area contributed by atoms with E-state index in [4.69, 9.17) is 0 Å². The lowest BCUT2D eigenvalue weighted by Gasteiger charge is -1.99. The van der Waals surface area contributed by atoms with Crippen LogP contribution < -0.4 is 5.32 Å². The second-order valence-electron chi connectivity index (χ2n) is 3.46. The molecule has 1 aromatic carbocycles. The molecule has 2 heteroatoms. The normalized spacial score (nSPS) is 24.0. The fourth-order valence-electron chi connectivity index (χ4n) is 2.28. The number of anilines is 1. The zero-order valence-corrected chi connectivity index (χ0v) is 6.63. The summed E-state index contributed by atoms with van der Waals surface area (Å²) in [7, 11) is 0. The molecule has 1 aliphatic carbocycles. The predicted molar refractivity (Wildman–Crippen MR) is 46.1 cm³/mol. The van der Waals surface area contributed by atoms with E-state index in [-0.39, 0.29) is 11.8 Å². The van der Waals surface area contributed by atoms with Crippen molar-refractivity contribution >= 4 is 11.6 Å². The predicted octanol–water partition coefficient (Wildman–Crippen LogP) is 1.67. The maximum Gasteiger partial charge on any atom is 0.232 e. The van der Waals surface area contributed by atoms with E-state index in [1.165, 1.54) is 11.1 Å². The standard InChI is InChI=1S/C10H9NO/c12-10-7-5-4-6-2-1-3-8(11-10)9(6)7/h1-3,7H,4-5H2,(H,11,12). The molecule has 0 saturated heterocycles. The quantitative estimate of drug-likeness (QED) is 0.613. The van der Waals surface area contributed by atoms with Crippen LogP contribution in [0.5, 0.6) is 0 Å². The minimum atomic E-state index is 0.163. The van der Waals surface area contributed by atoms with Gasteiger partial charge in [-0.3, -0.25) is 4.79 Å². The van der Waals surface area contributed by atoms with E-state index >= 15 is 0 Å². The van der Waals surface area contributed by atoms with Gasteiger partial charge in [-0.2, -0.15) is 0 Å².